The molecule has 0 unspecified atom stereocenters. The molecule has 2 aromatic rings. The van der Waals surface area contributed by atoms with Gasteiger partial charge in [-0.2, -0.15) is 9.61 Å². The number of aryl methyl sites for hydroxylation is 1. The van der Waals surface area contributed by atoms with E-state index in [1.54, 1.807) is 15.7 Å². The molecular formula is C28H43N7O4. The van der Waals surface area contributed by atoms with Gasteiger partial charge in [-0.15, -0.1) is 0 Å². The standard InChI is InChI=1S/C28H43N7O4/c1-20-22(17-25(36)37)26-33-12-10-27(2,11-13-33)38-14-6-7-15-39-28(8-4-3-5-9-28)23(29)19-34(30)18-21-16-24(31-20)35(26)32-21/h16,19H,3-15,17-18,29-30H2,1-2H3,(H,36,37)/b23-19-. The van der Waals surface area contributed by atoms with E-state index in [9.17, 15) is 9.90 Å². The lowest BCUT2D eigenvalue weighted by Crippen LogP contribution is -2.45. The summed E-state index contributed by atoms with van der Waals surface area (Å²) in [4.78, 5) is 18.8. The van der Waals surface area contributed by atoms with Gasteiger partial charge in [0.05, 0.1) is 30.0 Å². The van der Waals surface area contributed by atoms with E-state index in [1.165, 1.54) is 6.42 Å². The Bertz CT molecular complexity index is 1210. The summed E-state index contributed by atoms with van der Waals surface area (Å²) in [5, 5.41) is 16.1. The van der Waals surface area contributed by atoms with Crippen molar-refractivity contribution in [2.24, 2.45) is 11.6 Å². The minimum absolute atomic E-state index is 0.117. The molecule has 5 heterocycles. The predicted molar refractivity (Wildman–Crippen MR) is 148 cm³/mol. The summed E-state index contributed by atoms with van der Waals surface area (Å²) in [6.45, 7) is 7.18. The highest BCUT2D eigenvalue weighted by Crippen LogP contribution is 2.37. The van der Waals surface area contributed by atoms with E-state index in [0.717, 1.165) is 76.0 Å². The largest absolute Gasteiger partial charge is 0.481 e. The SMILES string of the molecule is Cc1nc2cc3nn2c(c1CC(=O)O)N1CCC(C)(CC1)OCCCCOC1(CCCCC1)/C(N)=C/N(N)C3. The van der Waals surface area contributed by atoms with Crippen LogP contribution in [-0.4, -0.2) is 68.2 Å². The fourth-order valence-corrected chi connectivity index (χ4v) is 6.24. The van der Waals surface area contributed by atoms with Gasteiger partial charge in [0.1, 0.15) is 11.4 Å². The van der Waals surface area contributed by atoms with Crippen LogP contribution in [0.25, 0.3) is 5.65 Å². The zero-order valence-electron chi connectivity index (χ0n) is 23.3. The van der Waals surface area contributed by atoms with Gasteiger partial charge < -0.3 is 30.2 Å². The van der Waals surface area contributed by atoms with E-state index in [2.05, 4.69) is 11.8 Å². The van der Waals surface area contributed by atoms with E-state index in [1.807, 2.05) is 13.0 Å². The number of ether oxygens (including phenoxy) is 2. The molecule has 11 nitrogen and oxygen atoms in total. The highest BCUT2D eigenvalue weighted by atomic mass is 16.5. The summed E-state index contributed by atoms with van der Waals surface area (Å²) < 4.78 is 14.7. The Balaban J connectivity index is 1.53. The van der Waals surface area contributed by atoms with Crippen LogP contribution in [-0.2, 0) is 27.2 Å². The molecule has 0 aromatic carbocycles. The Morgan fingerprint density at radius 3 is 2.46 bits per heavy atom. The van der Waals surface area contributed by atoms with Gasteiger partial charge in [0.25, 0.3) is 0 Å². The lowest BCUT2D eigenvalue weighted by Gasteiger charge is -2.41. The van der Waals surface area contributed by atoms with Crippen molar-refractivity contribution in [1.82, 2.24) is 19.6 Å². The van der Waals surface area contributed by atoms with Crippen molar-refractivity contribution < 1.29 is 19.4 Å². The third-order valence-electron chi connectivity index (χ3n) is 8.58. The zero-order chi connectivity index (χ0) is 27.6. The van der Waals surface area contributed by atoms with E-state index in [0.29, 0.717) is 42.4 Å². The van der Waals surface area contributed by atoms with Gasteiger partial charge in [-0.25, -0.2) is 10.8 Å². The molecule has 214 valence electrons. The number of carbonyl (C=O) groups is 1. The number of hydrogen-bond acceptors (Lipinski definition) is 9. The van der Waals surface area contributed by atoms with Crippen LogP contribution in [0.1, 0.15) is 81.7 Å². The van der Waals surface area contributed by atoms with Gasteiger partial charge >= 0.3 is 5.97 Å². The van der Waals surface area contributed by atoms with E-state index in [4.69, 9.17) is 31.1 Å². The Morgan fingerprint density at radius 2 is 1.77 bits per heavy atom. The summed E-state index contributed by atoms with van der Waals surface area (Å²) in [7, 11) is 0. The number of hydrazine groups is 1. The average Bonchev–Trinajstić information content (AvgIpc) is 3.28. The maximum absolute atomic E-state index is 11.8. The summed E-state index contributed by atoms with van der Waals surface area (Å²) in [5.74, 6) is 6.34. The van der Waals surface area contributed by atoms with Crippen molar-refractivity contribution in [2.75, 3.05) is 31.2 Å². The smallest absolute Gasteiger partial charge is 0.308 e. The quantitative estimate of drug-likeness (QED) is 0.485. The third-order valence-corrected chi connectivity index (χ3v) is 8.58. The highest BCUT2D eigenvalue weighted by molar-refractivity contribution is 5.74. The Labute approximate surface area is 230 Å². The average molecular weight is 542 g/mol. The lowest BCUT2D eigenvalue weighted by atomic mass is 9.82. The van der Waals surface area contributed by atoms with Crippen LogP contribution in [0.5, 0.6) is 0 Å². The maximum atomic E-state index is 11.8. The van der Waals surface area contributed by atoms with Crippen molar-refractivity contribution in [3.05, 3.63) is 34.9 Å². The lowest BCUT2D eigenvalue weighted by molar-refractivity contribution is -0.136. The number of anilines is 1. The molecule has 5 N–H and O–H groups in total. The molecule has 0 radical (unpaired) electrons. The summed E-state index contributed by atoms with van der Waals surface area (Å²) >= 11 is 0. The third kappa shape index (κ3) is 6.00. The first-order chi connectivity index (χ1) is 18.7. The number of piperidine rings is 1. The minimum atomic E-state index is -0.892. The van der Waals surface area contributed by atoms with Crippen molar-refractivity contribution in [3.63, 3.8) is 0 Å². The van der Waals surface area contributed by atoms with Crippen molar-refractivity contribution >= 4 is 17.4 Å². The first-order valence-electron chi connectivity index (χ1n) is 14.3. The number of carboxylic acid groups (broad SMARTS) is 1. The van der Waals surface area contributed by atoms with E-state index < -0.39 is 11.6 Å². The topological polar surface area (TPSA) is 144 Å². The second kappa shape index (κ2) is 11.3. The molecule has 11 heteroatoms. The normalized spacial score (nSPS) is 23.8. The van der Waals surface area contributed by atoms with Gasteiger partial charge in [0.2, 0.25) is 0 Å². The minimum Gasteiger partial charge on any atom is -0.481 e. The van der Waals surface area contributed by atoms with Crippen LogP contribution in [0.15, 0.2) is 18.0 Å². The second-order valence-electron chi connectivity index (χ2n) is 11.6. The summed E-state index contributed by atoms with van der Waals surface area (Å²) in [6.07, 6.45) is 10.3. The molecule has 3 aliphatic heterocycles. The van der Waals surface area contributed by atoms with Crippen LogP contribution in [0.3, 0.4) is 0 Å². The van der Waals surface area contributed by atoms with Gasteiger partial charge in [0.15, 0.2) is 5.65 Å². The number of fused-ring (bicyclic) bond motifs is 9. The zero-order valence-corrected chi connectivity index (χ0v) is 23.3. The van der Waals surface area contributed by atoms with Crippen LogP contribution in [0.2, 0.25) is 0 Å². The maximum Gasteiger partial charge on any atom is 0.308 e. The molecule has 4 bridgehead atoms. The molecule has 1 aliphatic carbocycles. The first kappa shape index (κ1) is 27.7. The van der Waals surface area contributed by atoms with E-state index >= 15 is 0 Å². The number of hydrogen-bond donors (Lipinski definition) is 3. The Kier molecular flexibility index (Phi) is 8.02. The number of aromatic nitrogens is 3. The second-order valence-corrected chi connectivity index (χ2v) is 11.6. The van der Waals surface area contributed by atoms with Crippen LogP contribution < -0.4 is 16.5 Å². The molecular weight excluding hydrogens is 498 g/mol. The number of rotatable bonds is 2. The summed E-state index contributed by atoms with van der Waals surface area (Å²) in [5.41, 5.74) is 9.38. The van der Waals surface area contributed by atoms with Gasteiger partial charge in [-0.1, -0.05) is 19.3 Å². The molecule has 1 saturated heterocycles. The first-order valence-corrected chi connectivity index (χ1v) is 14.3. The molecule has 6 rings (SSSR count). The van der Waals surface area contributed by atoms with Crippen molar-refractivity contribution in [3.8, 4) is 0 Å². The molecule has 0 atom stereocenters. The monoisotopic (exact) mass is 541 g/mol. The van der Waals surface area contributed by atoms with Crippen LogP contribution >= 0.6 is 0 Å². The van der Waals surface area contributed by atoms with E-state index in [-0.39, 0.29) is 12.0 Å². The number of aliphatic carboxylic acids is 1. The molecule has 0 amide bonds. The summed E-state index contributed by atoms with van der Waals surface area (Å²) in [6, 6.07) is 1.91. The van der Waals surface area contributed by atoms with Crippen molar-refractivity contribution in [1.29, 1.82) is 0 Å². The number of nitrogens with zero attached hydrogens (tertiary/aromatic N) is 5. The number of nitrogens with two attached hydrogens (primary N) is 2. The van der Waals surface area contributed by atoms with Crippen LogP contribution in [0.4, 0.5) is 5.82 Å². The molecule has 4 aliphatic rings. The molecule has 2 fully saturated rings. The Morgan fingerprint density at radius 1 is 1.08 bits per heavy atom. The molecule has 2 aromatic heterocycles. The molecule has 1 spiro atoms. The van der Waals surface area contributed by atoms with Crippen molar-refractivity contribution in [2.45, 2.75) is 95.8 Å². The molecule has 1 saturated carbocycles. The van der Waals surface area contributed by atoms with Gasteiger partial charge in [0, 0.05) is 49.8 Å². The van der Waals surface area contributed by atoms with Gasteiger partial charge in [-0.05, 0) is 52.4 Å². The Hall–Kier alpha value is -2.89. The predicted octanol–water partition coefficient (Wildman–Crippen LogP) is 3.03. The van der Waals surface area contributed by atoms with Crippen LogP contribution in [0, 0.1) is 6.92 Å². The molecule has 39 heavy (non-hydrogen) atoms. The fraction of sp³-hybridized carbons (Fsp3) is 0.679. The fourth-order valence-electron chi connectivity index (χ4n) is 6.24. The van der Waals surface area contributed by atoms with Gasteiger partial charge in [-0.3, -0.25) is 4.79 Å². The highest BCUT2D eigenvalue weighted by Gasteiger charge is 2.37. The number of carboxylic acids is 1.